The van der Waals surface area contributed by atoms with Gasteiger partial charge in [-0.3, -0.25) is 0 Å². The lowest BCUT2D eigenvalue weighted by atomic mass is 10.9. The number of hydrogen-bond acceptors (Lipinski definition) is 1. The van der Waals surface area contributed by atoms with E-state index in [9.17, 15) is 9.18 Å². The Kier molecular flexibility index (Phi) is 1.67. The van der Waals surface area contributed by atoms with Gasteiger partial charge in [0.1, 0.15) is 5.82 Å². The standard InChI is InChI=1S/C7H5FO2/c8-6-3-1-2-5(4-6)7(9)10/h1-4H,(H,9,10)/i1+1,2+1,3+1,4+1,5+1,6+1. The first-order valence-corrected chi connectivity index (χ1v) is 2.69. The molecule has 2 nitrogen and oxygen atoms in total. The molecule has 1 aromatic rings. The summed E-state index contributed by atoms with van der Waals surface area (Å²) in [5.74, 6) is -1.64. The molecule has 0 spiro atoms. The summed E-state index contributed by atoms with van der Waals surface area (Å²) in [7, 11) is 0. The molecule has 10 heavy (non-hydrogen) atoms. The van der Waals surface area contributed by atoms with Crippen LogP contribution in [0, 0.1) is 5.82 Å². The van der Waals surface area contributed by atoms with Crippen molar-refractivity contribution < 1.29 is 14.3 Å². The van der Waals surface area contributed by atoms with E-state index in [0.29, 0.717) is 0 Å². The molecule has 0 aliphatic rings. The lowest BCUT2D eigenvalue weighted by Gasteiger charge is -1.91. The molecule has 0 atom stereocenters. The van der Waals surface area contributed by atoms with Crippen LogP contribution < -0.4 is 0 Å². The van der Waals surface area contributed by atoms with Crippen LogP contribution in [0.4, 0.5) is 4.39 Å². The van der Waals surface area contributed by atoms with E-state index in [1.807, 2.05) is 0 Å². The van der Waals surface area contributed by atoms with Gasteiger partial charge in [-0.15, -0.1) is 0 Å². The molecular weight excluding hydrogens is 141 g/mol. The first kappa shape index (κ1) is 6.74. The van der Waals surface area contributed by atoms with Crippen molar-refractivity contribution in [2.45, 2.75) is 0 Å². The predicted molar refractivity (Wildman–Crippen MR) is 33.4 cm³/mol. The average Bonchev–Trinajstić information content (AvgIpc) is 1.88. The highest BCUT2D eigenvalue weighted by Gasteiger charge is 2.01. The van der Waals surface area contributed by atoms with Crippen molar-refractivity contribution in [3.63, 3.8) is 0 Å². The molecule has 1 aromatic carbocycles. The fourth-order valence-corrected chi connectivity index (χ4v) is 0.622. The third-order valence-corrected chi connectivity index (χ3v) is 1.07. The molecular formula is C7H5FO2. The van der Waals surface area contributed by atoms with Crippen molar-refractivity contribution in [2.24, 2.45) is 0 Å². The highest BCUT2D eigenvalue weighted by Crippen LogP contribution is 2.02. The monoisotopic (exact) mass is 146 g/mol. The van der Waals surface area contributed by atoms with E-state index in [1.165, 1.54) is 18.2 Å². The minimum Gasteiger partial charge on any atom is -0.478 e. The largest absolute Gasteiger partial charge is 0.478 e. The van der Waals surface area contributed by atoms with Crippen molar-refractivity contribution in [3.8, 4) is 0 Å². The molecule has 0 fully saturated rings. The van der Waals surface area contributed by atoms with Crippen LogP contribution in [-0.4, -0.2) is 11.1 Å². The summed E-state index contributed by atoms with van der Waals surface area (Å²) < 4.78 is 12.3. The Hall–Kier alpha value is -1.38. The minimum absolute atomic E-state index is 0.0278. The zero-order valence-electron chi connectivity index (χ0n) is 5.04. The van der Waals surface area contributed by atoms with Crippen molar-refractivity contribution >= 4 is 5.97 Å². The summed E-state index contributed by atoms with van der Waals surface area (Å²) in [6.45, 7) is 0. The summed E-state index contributed by atoms with van der Waals surface area (Å²) in [6.07, 6.45) is 0. The fourth-order valence-electron chi connectivity index (χ4n) is 0.622. The van der Waals surface area contributed by atoms with E-state index in [1.54, 1.807) is 0 Å². The summed E-state index contributed by atoms with van der Waals surface area (Å²) in [5.41, 5.74) is -0.0278. The molecule has 0 unspecified atom stereocenters. The van der Waals surface area contributed by atoms with E-state index in [0.717, 1.165) is 6.07 Å². The average molecular weight is 146 g/mol. The second-order valence-corrected chi connectivity index (χ2v) is 1.82. The van der Waals surface area contributed by atoms with Crippen molar-refractivity contribution in [1.29, 1.82) is 0 Å². The predicted octanol–water partition coefficient (Wildman–Crippen LogP) is 1.52. The van der Waals surface area contributed by atoms with E-state index >= 15 is 0 Å². The van der Waals surface area contributed by atoms with E-state index in [2.05, 4.69) is 0 Å². The van der Waals surface area contributed by atoms with Gasteiger partial charge in [-0.25, -0.2) is 9.18 Å². The van der Waals surface area contributed by atoms with Crippen LogP contribution in [0.5, 0.6) is 0 Å². The van der Waals surface area contributed by atoms with Gasteiger partial charge in [-0.2, -0.15) is 0 Å². The highest BCUT2D eigenvalue weighted by atomic mass is 19.2. The third-order valence-electron chi connectivity index (χ3n) is 1.07. The SMILES string of the molecule is O=C(O)[13c]1[13cH][13cH][13cH][13c](F)[13cH]1. The number of aromatic carboxylic acids is 1. The molecule has 0 saturated heterocycles. The van der Waals surface area contributed by atoms with Gasteiger partial charge in [-0.05, 0) is 18.2 Å². The summed E-state index contributed by atoms with van der Waals surface area (Å²) in [6, 6.07) is 4.87. The molecule has 0 heterocycles. The third kappa shape index (κ3) is 1.31. The van der Waals surface area contributed by atoms with Gasteiger partial charge in [0, 0.05) is 0 Å². The van der Waals surface area contributed by atoms with Gasteiger partial charge < -0.3 is 5.11 Å². The number of carbonyl (C=O) groups is 1. The lowest BCUT2D eigenvalue weighted by molar-refractivity contribution is 0.0696. The Morgan fingerprint density at radius 3 is 2.60 bits per heavy atom. The second kappa shape index (κ2) is 2.47. The maximum Gasteiger partial charge on any atom is 0.335 e. The van der Waals surface area contributed by atoms with E-state index < -0.39 is 11.8 Å². The van der Waals surface area contributed by atoms with Gasteiger partial charge >= 0.3 is 5.97 Å². The van der Waals surface area contributed by atoms with Crippen molar-refractivity contribution in [2.75, 3.05) is 0 Å². The second-order valence-electron chi connectivity index (χ2n) is 1.82. The van der Waals surface area contributed by atoms with Gasteiger partial charge in [0.2, 0.25) is 0 Å². The molecule has 0 aromatic heterocycles. The van der Waals surface area contributed by atoms with Gasteiger partial charge in [0.05, 0.1) is 5.56 Å². The topological polar surface area (TPSA) is 37.3 Å². The van der Waals surface area contributed by atoms with E-state index in [4.69, 9.17) is 5.11 Å². The lowest BCUT2D eigenvalue weighted by Crippen LogP contribution is -1.95. The maximum atomic E-state index is 12.3. The van der Waals surface area contributed by atoms with Crippen LogP contribution in [0.3, 0.4) is 0 Å². The number of carboxylic acid groups (broad SMARTS) is 1. The highest BCUT2D eigenvalue weighted by molar-refractivity contribution is 5.87. The number of rotatable bonds is 1. The molecule has 0 amide bonds. The molecule has 0 saturated carbocycles. The molecule has 1 rings (SSSR count). The number of hydrogen-bond donors (Lipinski definition) is 1. The zero-order valence-corrected chi connectivity index (χ0v) is 5.04. The summed E-state index contributed by atoms with van der Waals surface area (Å²) >= 11 is 0. The molecule has 3 heteroatoms. The molecule has 0 aliphatic carbocycles. The Morgan fingerprint density at radius 2 is 2.20 bits per heavy atom. The van der Waals surface area contributed by atoms with E-state index in [-0.39, 0.29) is 5.56 Å². The van der Waals surface area contributed by atoms with Crippen LogP contribution in [-0.2, 0) is 0 Å². The molecule has 0 radical (unpaired) electrons. The smallest absolute Gasteiger partial charge is 0.335 e. The molecule has 0 aliphatic heterocycles. The fraction of sp³-hybridized carbons (Fsp3) is 0. The van der Waals surface area contributed by atoms with Crippen molar-refractivity contribution in [3.05, 3.63) is 35.6 Å². The Morgan fingerprint density at radius 1 is 1.50 bits per heavy atom. The zero-order chi connectivity index (χ0) is 7.56. The number of halogens is 1. The maximum absolute atomic E-state index is 12.3. The van der Waals surface area contributed by atoms with Crippen LogP contribution in [0.25, 0.3) is 0 Å². The molecule has 0 bridgehead atoms. The summed E-state index contributed by atoms with van der Waals surface area (Å²) in [5, 5.41) is 8.34. The number of benzene rings is 1. The van der Waals surface area contributed by atoms with Gasteiger partial charge in [0.15, 0.2) is 0 Å². The number of carboxylic acids is 1. The van der Waals surface area contributed by atoms with Crippen LogP contribution in [0.2, 0.25) is 0 Å². The quantitative estimate of drug-likeness (QED) is 0.652. The first-order valence-electron chi connectivity index (χ1n) is 2.69. The van der Waals surface area contributed by atoms with Crippen LogP contribution in [0.15, 0.2) is 24.3 Å². The normalized spacial score (nSPS) is 9.30. The first-order chi connectivity index (χ1) is 4.70. The Bertz CT molecular complexity index is 258. The molecule has 1 N–H and O–H groups in total. The van der Waals surface area contributed by atoms with Crippen molar-refractivity contribution in [1.82, 2.24) is 0 Å². The van der Waals surface area contributed by atoms with Crippen LogP contribution >= 0.6 is 0 Å². The summed E-state index contributed by atoms with van der Waals surface area (Å²) in [4.78, 5) is 10.2. The Balaban J connectivity index is 3.07. The molecule has 52 valence electrons. The minimum atomic E-state index is -1.11. The van der Waals surface area contributed by atoms with Gasteiger partial charge in [-0.1, -0.05) is 6.07 Å². The van der Waals surface area contributed by atoms with Gasteiger partial charge in [0.25, 0.3) is 0 Å². The Labute approximate surface area is 56.9 Å². The van der Waals surface area contributed by atoms with Crippen LogP contribution in [0.1, 0.15) is 10.4 Å².